The number of rotatable bonds is 4. The van der Waals surface area contributed by atoms with Gasteiger partial charge in [0, 0.05) is 50.4 Å². The molecule has 0 aromatic heterocycles. The number of amides is 1. The average molecular weight is 285 g/mol. The van der Waals surface area contributed by atoms with Crippen molar-refractivity contribution in [2.75, 3.05) is 24.5 Å². The molecule has 2 aliphatic heterocycles. The van der Waals surface area contributed by atoms with Crippen LogP contribution in [0.2, 0.25) is 0 Å². The molecule has 21 heavy (non-hydrogen) atoms. The van der Waals surface area contributed by atoms with E-state index in [1.807, 2.05) is 0 Å². The molecule has 4 heteroatoms. The van der Waals surface area contributed by atoms with E-state index >= 15 is 0 Å². The van der Waals surface area contributed by atoms with Crippen LogP contribution in [0.4, 0.5) is 5.69 Å². The Morgan fingerprint density at radius 2 is 2.00 bits per heavy atom. The van der Waals surface area contributed by atoms with Crippen molar-refractivity contribution in [3.8, 4) is 0 Å². The van der Waals surface area contributed by atoms with Gasteiger partial charge < -0.3 is 15.1 Å². The van der Waals surface area contributed by atoms with Crippen LogP contribution >= 0.6 is 0 Å². The molecule has 1 aliphatic carbocycles. The number of carbonyl (C=O) groups excluding carboxylic acids is 1. The van der Waals surface area contributed by atoms with Gasteiger partial charge in [-0.15, -0.1) is 0 Å². The molecule has 3 aliphatic rings. The van der Waals surface area contributed by atoms with Gasteiger partial charge in [-0.05, 0) is 30.9 Å². The van der Waals surface area contributed by atoms with Gasteiger partial charge in [-0.2, -0.15) is 0 Å². The second-order valence-corrected chi connectivity index (χ2v) is 6.51. The molecular formula is C17H23N3O. The van der Waals surface area contributed by atoms with Crippen molar-refractivity contribution in [1.29, 1.82) is 0 Å². The molecular weight excluding hydrogens is 262 g/mol. The Hall–Kier alpha value is -1.55. The van der Waals surface area contributed by atoms with Gasteiger partial charge in [0.15, 0.2) is 0 Å². The summed E-state index contributed by atoms with van der Waals surface area (Å²) in [7, 11) is 0. The fraction of sp³-hybridized carbons (Fsp3) is 0.588. The van der Waals surface area contributed by atoms with Gasteiger partial charge in [0.25, 0.3) is 0 Å². The largest absolute Gasteiger partial charge is 0.367 e. The van der Waals surface area contributed by atoms with Crippen molar-refractivity contribution in [2.45, 2.75) is 44.3 Å². The SMILES string of the molecule is O=C1CCC2CN(c3ccccc3CNC3CC3)CCN12. The van der Waals surface area contributed by atoms with Gasteiger partial charge in [-0.25, -0.2) is 0 Å². The minimum atomic E-state index is 0.350. The summed E-state index contributed by atoms with van der Waals surface area (Å²) in [4.78, 5) is 16.4. The number of nitrogens with zero attached hydrogens (tertiary/aromatic N) is 2. The second kappa shape index (κ2) is 5.34. The molecule has 4 nitrogen and oxygen atoms in total. The van der Waals surface area contributed by atoms with Crippen molar-refractivity contribution < 1.29 is 4.79 Å². The van der Waals surface area contributed by atoms with E-state index < -0.39 is 0 Å². The number of benzene rings is 1. The highest BCUT2D eigenvalue weighted by Crippen LogP contribution is 2.29. The molecule has 2 saturated heterocycles. The second-order valence-electron chi connectivity index (χ2n) is 6.51. The number of nitrogens with one attached hydrogen (secondary N) is 1. The van der Waals surface area contributed by atoms with Crippen molar-refractivity contribution in [1.82, 2.24) is 10.2 Å². The maximum absolute atomic E-state index is 11.8. The monoisotopic (exact) mass is 285 g/mol. The van der Waals surface area contributed by atoms with Crippen molar-refractivity contribution in [2.24, 2.45) is 0 Å². The van der Waals surface area contributed by atoms with Crippen LogP contribution in [0.1, 0.15) is 31.2 Å². The summed E-state index contributed by atoms with van der Waals surface area (Å²) < 4.78 is 0. The molecule has 112 valence electrons. The molecule has 1 N–H and O–H groups in total. The van der Waals surface area contributed by atoms with Gasteiger partial charge in [-0.1, -0.05) is 18.2 Å². The van der Waals surface area contributed by atoms with Gasteiger partial charge in [0.1, 0.15) is 0 Å². The van der Waals surface area contributed by atoms with E-state index in [9.17, 15) is 4.79 Å². The molecule has 1 amide bonds. The molecule has 1 saturated carbocycles. The predicted octanol–water partition coefficient (Wildman–Crippen LogP) is 1.75. The third-order valence-corrected chi connectivity index (χ3v) is 4.99. The van der Waals surface area contributed by atoms with E-state index in [1.165, 1.54) is 24.1 Å². The molecule has 2 heterocycles. The lowest BCUT2D eigenvalue weighted by atomic mass is 10.1. The molecule has 1 aromatic carbocycles. The Morgan fingerprint density at radius 1 is 1.14 bits per heavy atom. The molecule has 0 spiro atoms. The maximum Gasteiger partial charge on any atom is 0.223 e. The molecule has 1 unspecified atom stereocenters. The van der Waals surface area contributed by atoms with E-state index in [0.717, 1.165) is 45.1 Å². The van der Waals surface area contributed by atoms with Crippen LogP contribution in [-0.2, 0) is 11.3 Å². The standard InChI is InChI=1S/C17H23N3O/c21-17-8-7-15-12-19(9-10-20(15)17)16-4-2-1-3-13(16)11-18-14-5-6-14/h1-4,14-15,18H,5-12H2. The van der Waals surface area contributed by atoms with Crippen molar-refractivity contribution in [3.05, 3.63) is 29.8 Å². The van der Waals surface area contributed by atoms with Crippen LogP contribution in [0, 0.1) is 0 Å². The van der Waals surface area contributed by atoms with E-state index in [0.29, 0.717) is 11.9 Å². The number of piperazine rings is 1. The summed E-state index contributed by atoms with van der Waals surface area (Å²) >= 11 is 0. The number of hydrogen-bond acceptors (Lipinski definition) is 3. The normalized spacial score (nSPS) is 25.3. The van der Waals surface area contributed by atoms with Crippen LogP contribution in [0.25, 0.3) is 0 Å². The van der Waals surface area contributed by atoms with E-state index in [1.54, 1.807) is 0 Å². The van der Waals surface area contributed by atoms with E-state index in [2.05, 4.69) is 39.4 Å². The summed E-state index contributed by atoms with van der Waals surface area (Å²) in [6.45, 7) is 3.80. The zero-order valence-electron chi connectivity index (χ0n) is 12.4. The van der Waals surface area contributed by atoms with Crippen molar-refractivity contribution in [3.63, 3.8) is 0 Å². The Balaban J connectivity index is 1.49. The maximum atomic E-state index is 11.8. The minimum Gasteiger partial charge on any atom is -0.367 e. The summed E-state index contributed by atoms with van der Waals surface area (Å²) in [6.07, 6.45) is 4.41. The first-order chi connectivity index (χ1) is 10.3. The Labute approximate surface area is 126 Å². The van der Waals surface area contributed by atoms with Gasteiger partial charge in [0.2, 0.25) is 5.91 Å². The number of hydrogen-bond donors (Lipinski definition) is 1. The zero-order valence-corrected chi connectivity index (χ0v) is 12.4. The lowest BCUT2D eigenvalue weighted by molar-refractivity contribution is -0.129. The van der Waals surface area contributed by atoms with Gasteiger partial charge in [0.05, 0.1) is 0 Å². The Bertz CT molecular complexity index is 541. The van der Waals surface area contributed by atoms with E-state index in [-0.39, 0.29) is 0 Å². The molecule has 1 aromatic rings. The van der Waals surface area contributed by atoms with Gasteiger partial charge >= 0.3 is 0 Å². The van der Waals surface area contributed by atoms with Crippen LogP contribution in [0.15, 0.2) is 24.3 Å². The van der Waals surface area contributed by atoms with Crippen LogP contribution in [0.3, 0.4) is 0 Å². The lowest BCUT2D eigenvalue weighted by Gasteiger charge is -2.39. The highest BCUT2D eigenvalue weighted by Gasteiger charge is 2.35. The quantitative estimate of drug-likeness (QED) is 0.915. The topological polar surface area (TPSA) is 35.6 Å². The zero-order chi connectivity index (χ0) is 14.2. The number of para-hydroxylation sites is 1. The predicted molar refractivity (Wildman–Crippen MR) is 83.3 cm³/mol. The lowest BCUT2D eigenvalue weighted by Crippen LogP contribution is -2.51. The first-order valence-corrected chi connectivity index (χ1v) is 8.17. The molecule has 4 rings (SSSR count). The summed E-state index contributed by atoms with van der Waals surface area (Å²) in [5.74, 6) is 0.350. The van der Waals surface area contributed by atoms with Crippen LogP contribution < -0.4 is 10.2 Å². The van der Waals surface area contributed by atoms with Crippen molar-refractivity contribution >= 4 is 11.6 Å². The van der Waals surface area contributed by atoms with Crippen LogP contribution in [0.5, 0.6) is 0 Å². The van der Waals surface area contributed by atoms with Crippen LogP contribution in [-0.4, -0.2) is 42.5 Å². The first-order valence-electron chi connectivity index (χ1n) is 8.17. The first kappa shape index (κ1) is 13.1. The number of anilines is 1. The van der Waals surface area contributed by atoms with Gasteiger partial charge in [-0.3, -0.25) is 4.79 Å². The number of carbonyl (C=O) groups is 1. The Kier molecular flexibility index (Phi) is 3.34. The Morgan fingerprint density at radius 3 is 2.86 bits per heavy atom. The number of fused-ring (bicyclic) bond motifs is 1. The van der Waals surface area contributed by atoms with E-state index in [4.69, 9.17) is 0 Å². The highest BCUT2D eigenvalue weighted by molar-refractivity contribution is 5.79. The third-order valence-electron chi connectivity index (χ3n) is 4.99. The fourth-order valence-electron chi connectivity index (χ4n) is 3.59. The third kappa shape index (κ3) is 2.64. The summed E-state index contributed by atoms with van der Waals surface area (Å²) in [6, 6.07) is 9.89. The average Bonchev–Trinajstić information content (AvgIpc) is 3.28. The molecule has 1 atom stereocenters. The smallest absolute Gasteiger partial charge is 0.223 e. The fourth-order valence-corrected chi connectivity index (χ4v) is 3.59. The highest BCUT2D eigenvalue weighted by atomic mass is 16.2. The molecule has 3 fully saturated rings. The summed E-state index contributed by atoms with van der Waals surface area (Å²) in [5, 5.41) is 3.61. The minimum absolute atomic E-state index is 0.350. The molecule has 0 radical (unpaired) electrons. The molecule has 0 bridgehead atoms. The summed E-state index contributed by atoms with van der Waals surface area (Å²) in [5.41, 5.74) is 2.74.